The molecule has 3 aromatic rings. The Morgan fingerprint density at radius 1 is 1.16 bits per heavy atom. The molecule has 0 saturated carbocycles. The summed E-state index contributed by atoms with van der Waals surface area (Å²) in [5.41, 5.74) is 3.81. The van der Waals surface area contributed by atoms with Crippen LogP contribution in [0.3, 0.4) is 0 Å². The van der Waals surface area contributed by atoms with Crippen LogP contribution in [0, 0.1) is 6.92 Å². The van der Waals surface area contributed by atoms with Gasteiger partial charge in [0, 0.05) is 41.4 Å². The third-order valence-corrected chi connectivity index (χ3v) is 4.19. The summed E-state index contributed by atoms with van der Waals surface area (Å²) in [6.07, 6.45) is 4.68. The second-order valence-electron chi connectivity index (χ2n) is 5.80. The number of rotatable bonds is 5. The summed E-state index contributed by atoms with van der Waals surface area (Å²) < 4.78 is 5.45. The Balaban J connectivity index is 2.12. The van der Waals surface area contributed by atoms with Gasteiger partial charge in [0.2, 0.25) is 5.88 Å². The molecular weight excluding hydrogens is 338 g/mol. The zero-order valence-corrected chi connectivity index (χ0v) is 15.1. The van der Waals surface area contributed by atoms with Crippen molar-refractivity contribution in [2.45, 2.75) is 26.7 Å². The van der Waals surface area contributed by atoms with E-state index in [9.17, 15) is 4.79 Å². The van der Waals surface area contributed by atoms with E-state index in [4.69, 9.17) is 16.3 Å². The molecule has 0 aliphatic heterocycles. The lowest BCUT2D eigenvalue weighted by atomic mass is 10.0. The number of fused-ring (bicyclic) bond motifs is 1. The smallest absolute Gasteiger partial charge is 0.221 e. The van der Waals surface area contributed by atoms with Crippen LogP contribution >= 0.6 is 11.6 Å². The standard InChI is InChI=1S/C19H18ClN3O2/c1-4-5-17(24)16-6-11(2)14(10-21-16)13-7-12-9-22-18(20)8-15(12)23-19(13)25-3/h6-10H,4-5H2,1-3H3. The second-order valence-corrected chi connectivity index (χ2v) is 6.19. The molecule has 0 bridgehead atoms. The van der Waals surface area contributed by atoms with Crippen LogP contribution in [0.4, 0.5) is 0 Å². The first-order valence-corrected chi connectivity index (χ1v) is 8.41. The van der Waals surface area contributed by atoms with Crippen LogP contribution < -0.4 is 4.74 Å². The summed E-state index contributed by atoms with van der Waals surface area (Å²) in [4.78, 5) is 25.0. The number of aryl methyl sites for hydroxylation is 1. The van der Waals surface area contributed by atoms with Gasteiger partial charge in [-0.2, -0.15) is 0 Å². The predicted octanol–water partition coefficient (Wildman–Crippen LogP) is 4.65. The number of carbonyl (C=O) groups is 1. The fraction of sp³-hybridized carbons (Fsp3) is 0.263. The minimum absolute atomic E-state index is 0.0552. The maximum absolute atomic E-state index is 12.1. The molecular formula is C19H18ClN3O2. The molecule has 0 aromatic carbocycles. The van der Waals surface area contributed by atoms with Gasteiger partial charge in [-0.25, -0.2) is 9.97 Å². The number of hydrogen-bond donors (Lipinski definition) is 0. The van der Waals surface area contributed by atoms with Crippen LogP contribution in [0.5, 0.6) is 5.88 Å². The monoisotopic (exact) mass is 355 g/mol. The number of nitrogens with zero attached hydrogens (tertiary/aromatic N) is 3. The Labute approximate surface area is 151 Å². The van der Waals surface area contributed by atoms with E-state index in [-0.39, 0.29) is 5.78 Å². The van der Waals surface area contributed by atoms with E-state index >= 15 is 0 Å². The molecule has 0 aliphatic rings. The maximum Gasteiger partial charge on any atom is 0.221 e. The molecule has 3 rings (SSSR count). The van der Waals surface area contributed by atoms with Gasteiger partial charge < -0.3 is 4.74 Å². The lowest BCUT2D eigenvalue weighted by Gasteiger charge is -2.12. The first-order chi connectivity index (χ1) is 12.0. The van der Waals surface area contributed by atoms with Crippen LogP contribution in [0.2, 0.25) is 5.15 Å². The van der Waals surface area contributed by atoms with Gasteiger partial charge in [-0.1, -0.05) is 18.5 Å². The van der Waals surface area contributed by atoms with E-state index in [1.165, 1.54) is 0 Å². The Hall–Kier alpha value is -2.53. The number of halogens is 1. The van der Waals surface area contributed by atoms with Crippen molar-refractivity contribution in [3.05, 3.63) is 47.0 Å². The fourth-order valence-electron chi connectivity index (χ4n) is 2.72. The first-order valence-electron chi connectivity index (χ1n) is 8.04. The number of aromatic nitrogens is 3. The minimum Gasteiger partial charge on any atom is -0.481 e. The van der Waals surface area contributed by atoms with Gasteiger partial charge in [0.25, 0.3) is 0 Å². The number of Topliss-reactive ketones (excluding diaryl/α,β-unsaturated/α-hetero) is 1. The van der Waals surface area contributed by atoms with E-state index < -0.39 is 0 Å². The number of carbonyl (C=O) groups excluding carboxylic acids is 1. The van der Waals surface area contributed by atoms with Crippen molar-refractivity contribution in [1.29, 1.82) is 0 Å². The van der Waals surface area contributed by atoms with Crippen molar-refractivity contribution in [3.63, 3.8) is 0 Å². The van der Waals surface area contributed by atoms with Gasteiger partial charge in [-0.05, 0) is 31.0 Å². The van der Waals surface area contributed by atoms with Crippen molar-refractivity contribution < 1.29 is 9.53 Å². The summed E-state index contributed by atoms with van der Waals surface area (Å²) in [5.74, 6) is 0.534. The van der Waals surface area contributed by atoms with E-state index in [1.807, 2.05) is 26.0 Å². The second kappa shape index (κ2) is 7.15. The molecule has 0 saturated heterocycles. The maximum atomic E-state index is 12.1. The number of ketones is 1. The molecule has 3 aromatic heterocycles. The Bertz CT molecular complexity index is 957. The molecule has 0 aliphatic carbocycles. The molecule has 3 heterocycles. The van der Waals surface area contributed by atoms with Gasteiger partial charge in [-0.15, -0.1) is 0 Å². The third kappa shape index (κ3) is 3.46. The van der Waals surface area contributed by atoms with Crippen molar-refractivity contribution in [3.8, 4) is 17.0 Å². The van der Waals surface area contributed by atoms with Gasteiger partial charge in [0.05, 0.1) is 12.6 Å². The highest BCUT2D eigenvalue weighted by Gasteiger charge is 2.15. The quantitative estimate of drug-likeness (QED) is 0.492. The van der Waals surface area contributed by atoms with E-state index in [1.54, 1.807) is 25.6 Å². The SMILES string of the molecule is CCCC(=O)c1cc(C)c(-c2cc3cnc(Cl)cc3nc2OC)cn1. The molecule has 128 valence electrons. The highest BCUT2D eigenvalue weighted by atomic mass is 35.5. The van der Waals surface area contributed by atoms with Crippen LogP contribution in [0.15, 0.2) is 30.6 Å². The van der Waals surface area contributed by atoms with Gasteiger partial charge in [0.1, 0.15) is 10.8 Å². The Kier molecular flexibility index (Phi) is 4.95. The highest BCUT2D eigenvalue weighted by Crippen LogP contribution is 2.33. The molecule has 0 fully saturated rings. The minimum atomic E-state index is 0.0552. The molecule has 0 N–H and O–H groups in total. The Morgan fingerprint density at radius 2 is 1.96 bits per heavy atom. The molecule has 0 spiro atoms. The summed E-state index contributed by atoms with van der Waals surface area (Å²) in [7, 11) is 1.57. The summed E-state index contributed by atoms with van der Waals surface area (Å²) >= 11 is 5.94. The van der Waals surface area contributed by atoms with Crippen LogP contribution in [0.1, 0.15) is 35.8 Å². The number of hydrogen-bond acceptors (Lipinski definition) is 5. The van der Waals surface area contributed by atoms with Gasteiger partial charge >= 0.3 is 0 Å². The molecule has 0 amide bonds. The largest absolute Gasteiger partial charge is 0.481 e. The normalized spacial score (nSPS) is 10.9. The van der Waals surface area contributed by atoms with Crippen molar-refractivity contribution >= 4 is 28.3 Å². The third-order valence-electron chi connectivity index (χ3n) is 3.99. The lowest BCUT2D eigenvalue weighted by Crippen LogP contribution is -2.03. The van der Waals surface area contributed by atoms with Gasteiger partial charge in [-0.3, -0.25) is 9.78 Å². The number of pyridine rings is 3. The zero-order valence-electron chi connectivity index (χ0n) is 14.3. The molecule has 25 heavy (non-hydrogen) atoms. The molecule has 0 atom stereocenters. The van der Waals surface area contributed by atoms with Crippen molar-refractivity contribution in [1.82, 2.24) is 15.0 Å². The van der Waals surface area contributed by atoms with Crippen LogP contribution in [-0.2, 0) is 0 Å². The molecule has 0 unspecified atom stereocenters. The number of ether oxygens (including phenoxy) is 1. The summed E-state index contributed by atoms with van der Waals surface area (Å²) in [6, 6.07) is 5.46. The van der Waals surface area contributed by atoms with E-state index in [2.05, 4.69) is 15.0 Å². The summed E-state index contributed by atoms with van der Waals surface area (Å²) in [6.45, 7) is 3.93. The average Bonchev–Trinajstić information content (AvgIpc) is 2.60. The van der Waals surface area contributed by atoms with Crippen LogP contribution in [-0.4, -0.2) is 27.8 Å². The zero-order chi connectivity index (χ0) is 18.0. The van der Waals surface area contributed by atoms with E-state index in [0.717, 1.165) is 28.5 Å². The molecule has 5 nitrogen and oxygen atoms in total. The fourth-order valence-corrected chi connectivity index (χ4v) is 2.87. The Morgan fingerprint density at radius 3 is 2.64 bits per heavy atom. The van der Waals surface area contributed by atoms with E-state index in [0.29, 0.717) is 28.7 Å². The topological polar surface area (TPSA) is 65.0 Å². The van der Waals surface area contributed by atoms with Gasteiger partial charge in [0.15, 0.2) is 5.78 Å². The number of methoxy groups -OCH3 is 1. The average molecular weight is 356 g/mol. The predicted molar refractivity (Wildman–Crippen MR) is 98.3 cm³/mol. The molecule has 0 radical (unpaired) electrons. The van der Waals surface area contributed by atoms with Crippen molar-refractivity contribution in [2.24, 2.45) is 0 Å². The first kappa shape index (κ1) is 17.3. The summed E-state index contributed by atoms with van der Waals surface area (Å²) in [5, 5.41) is 1.23. The molecule has 6 heteroatoms. The highest BCUT2D eigenvalue weighted by molar-refractivity contribution is 6.30. The lowest BCUT2D eigenvalue weighted by molar-refractivity contribution is 0.0977. The van der Waals surface area contributed by atoms with Crippen molar-refractivity contribution in [2.75, 3.05) is 7.11 Å². The van der Waals surface area contributed by atoms with Crippen LogP contribution in [0.25, 0.3) is 22.0 Å².